The third-order valence-corrected chi connectivity index (χ3v) is 4.64. The molecule has 4 N–H and O–H groups in total. The Balaban J connectivity index is 3.01. The monoisotopic (exact) mass is 343 g/mol. The van der Waals surface area contributed by atoms with Crippen LogP contribution in [-0.4, -0.2) is 46.0 Å². The molecule has 0 saturated heterocycles. The average Bonchev–Trinajstić information content (AvgIpc) is 2.49. The van der Waals surface area contributed by atoms with Crippen LogP contribution in [0.3, 0.4) is 0 Å². The van der Waals surface area contributed by atoms with Crippen molar-refractivity contribution in [3.8, 4) is 5.75 Å². The number of primary sulfonamides is 1. The van der Waals surface area contributed by atoms with Crippen molar-refractivity contribution in [2.45, 2.75) is 31.2 Å². The largest absolute Gasteiger partial charge is 0.496 e. The van der Waals surface area contributed by atoms with E-state index in [1.807, 2.05) is 13.8 Å². The summed E-state index contributed by atoms with van der Waals surface area (Å²) in [4.78, 5) is 13.9. The van der Waals surface area contributed by atoms with Crippen LogP contribution in [-0.2, 0) is 10.0 Å². The van der Waals surface area contributed by atoms with E-state index in [2.05, 4.69) is 0 Å². The minimum absolute atomic E-state index is 0.0112. The predicted molar refractivity (Wildman–Crippen MR) is 88.8 cm³/mol. The lowest BCUT2D eigenvalue weighted by atomic mass is 10.0. The van der Waals surface area contributed by atoms with Gasteiger partial charge < -0.3 is 15.4 Å². The SMILES string of the molecule is COc1ccc(S(N)(=O)=O)cc1C(=O)N(C)CCC(N)C(C)C. The molecule has 1 rings (SSSR count). The van der Waals surface area contributed by atoms with Crippen LogP contribution in [0, 0.1) is 5.92 Å². The standard InChI is InChI=1S/C15H25N3O4S/c1-10(2)13(16)7-8-18(3)15(19)12-9-11(23(17,20)21)5-6-14(12)22-4/h5-6,9-10,13H,7-8,16H2,1-4H3,(H2,17,20,21). The van der Waals surface area contributed by atoms with Crippen LogP contribution >= 0.6 is 0 Å². The summed E-state index contributed by atoms with van der Waals surface area (Å²) in [6.07, 6.45) is 0.650. The number of amides is 1. The fourth-order valence-electron chi connectivity index (χ4n) is 2.01. The lowest BCUT2D eigenvalue weighted by Gasteiger charge is -2.22. The van der Waals surface area contributed by atoms with E-state index in [0.29, 0.717) is 24.6 Å². The van der Waals surface area contributed by atoms with Gasteiger partial charge in [-0.3, -0.25) is 4.79 Å². The number of rotatable bonds is 7. The zero-order valence-corrected chi connectivity index (χ0v) is 14.8. The van der Waals surface area contributed by atoms with Crippen LogP contribution in [0.4, 0.5) is 0 Å². The third kappa shape index (κ3) is 5.19. The van der Waals surface area contributed by atoms with Gasteiger partial charge >= 0.3 is 0 Å². The average molecular weight is 343 g/mol. The number of benzene rings is 1. The highest BCUT2D eigenvalue weighted by Gasteiger charge is 2.21. The summed E-state index contributed by atoms with van der Waals surface area (Å²) in [5.41, 5.74) is 6.13. The lowest BCUT2D eigenvalue weighted by molar-refractivity contribution is 0.0785. The molecular formula is C15H25N3O4S. The van der Waals surface area contributed by atoms with Crippen molar-refractivity contribution in [2.24, 2.45) is 16.8 Å². The van der Waals surface area contributed by atoms with Gasteiger partial charge in [0.25, 0.3) is 5.91 Å². The van der Waals surface area contributed by atoms with E-state index in [4.69, 9.17) is 15.6 Å². The number of nitrogens with two attached hydrogens (primary N) is 2. The fourth-order valence-corrected chi connectivity index (χ4v) is 2.55. The topological polar surface area (TPSA) is 116 Å². The van der Waals surface area contributed by atoms with Crippen LogP contribution in [0.25, 0.3) is 0 Å². The van der Waals surface area contributed by atoms with Crippen molar-refractivity contribution in [3.05, 3.63) is 23.8 Å². The maximum absolute atomic E-state index is 12.6. The highest BCUT2D eigenvalue weighted by molar-refractivity contribution is 7.89. The molecule has 1 aromatic rings. The van der Waals surface area contributed by atoms with E-state index < -0.39 is 10.0 Å². The first kappa shape index (κ1) is 19.4. The summed E-state index contributed by atoms with van der Waals surface area (Å²) in [5, 5.41) is 5.12. The van der Waals surface area contributed by atoms with Gasteiger partial charge in [0.2, 0.25) is 10.0 Å². The maximum atomic E-state index is 12.6. The zero-order valence-electron chi connectivity index (χ0n) is 13.9. The maximum Gasteiger partial charge on any atom is 0.257 e. The van der Waals surface area contributed by atoms with Gasteiger partial charge in [-0.25, -0.2) is 13.6 Å². The molecule has 7 nitrogen and oxygen atoms in total. The second kappa shape index (κ2) is 7.76. The smallest absolute Gasteiger partial charge is 0.257 e. The molecule has 1 amide bonds. The quantitative estimate of drug-likeness (QED) is 0.759. The third-order valence-electron chi connectivity index (χ3n) is 3.73. The minimum Gasteiger partial charge on any atom is -0.496 e. The molecule has 0 saturated carbocycles. The van der Waals surface area contributed by atoms with Gasteiger partial charge in [0.15, 0.2) is 0 Å². The zero-order chi connectivity index (χ0) is 17.8. The molecule has 1 atom stereocenters. The molecule has 0 aliphatic rings. The molecule has 0 spiro atoms. The Morgan fingerprint density at radius 1 is 1.35 bits per heavy atom. The van der Waals surface area contributed by atoms with Crippen molar-refractivity contribution in [1.29, 1.82) is 0 Å². The summed E-state index contributed by atoms with van der Waals surface area (Å²) in [6, 6.07) is 3.94. The van der Waals surface area contributed by atoms with Gasteiger partial charge in [0.05, 0.1) is 17.6 Å². The van der Waals surface area contributed by atoms with E-state index >= 15 is 0 Å². The van der Waals surface area contributed by atoms with Gasteiger partial charge in [-0.2, -0.15) is 0 Å². The first-order valence-corrected chi connectivity index (χ1v) is 8.84. The molecule has 0 fully saturated rings. The van der Waals surface area contributed by atoms with Crippen LogP contribution < -0.4 is 15.6 Å². The molecule has 0 heterocycles. The Morgan fingerprint density at radius 2 is 1.96 bits per heavy atom. The van der Waals surface area contributed by atoms with Crippen LogP contribution in [0.15, 0.2) is 23.1 Å². The molecule has 0 radical (unpaired) electrons. The number of hydrogen-bond acceptors (Lipinski definition) is 5. The number of carbonyl (C=O) groups is 1. The molecule has 8 heteroatoms. The highest BCUT2D eigenvalue weighted by Crippen LogP contribution is 2.23. The minimum atomic E-state index is -3.89. The number of nitrogens with zero attached hydrogens (tertiary/aromatic N) is 1. The van der Waals surface area contributed by atoms with Crippen molar-refractivity contribution in [3.63, 3.8) is 0 Å². The fraction of sp³-hybridized carbons (Fsp3) is 0.533. The van der Waals surface area contributed by atoms with Gasteiger partial charge in [-0.05, 0) is 30.5 Å². The van der Waals surface area contributed by atoms with Gasteiger partial charge in [0, 0.05) is 19.6 Å². The normalized spacial score (nSPS) is 13.0. The molecule has 1 aromatic carbocycles. The molecular weight excluding hydrogens is 318 g/mol. The Hall–Kier alpha value is -1.64. The summed E-state index contributed by atoms with van der Waals surface area (Å²) in [6.45, 7) is 4.50. The number of sulfonamides is 1. The van der Waals surface area contributed by atoms with Crippen LogP contribution in [0.1, 0.15) is 30.6 Å². The van der Waals surface area contributed by atoms with Gasteiger partial charge in [-0.15, -0.1) is 0 Å². The number of carbonyl (C=O) groups excluding carboxylic acids is 1. The van der Waals surface area contributed by atoms with E-state index in [1.165, 1.54) is 30.2 Å². The second-order valence-electron chi connectivity index (χ2n) is 5.83. The molecule has 0 aliphatic heterocycles. The number of hydrogen-bond donors (Lipinski definition) is 2. The van der Waals surface area contributed by atoms with Crippen molar-refractivity contribution in [2.75, 3.05) is 20.7 Å². The molecule has 23 heavy (non-hydrogen) atoms. The Bertz CT molecular complexity index is 659. The van der Waals surface area contributed by atoms with Crippen molar-refractivity contribution < 1.29 is 17.9 Å². The summed E-state index contributed by atoms with van der Waals surface area (Å²) < 4.78 is 28.1. The van der Waals surface area contributed by atoms with Gasteiger partial charge in [-0.1, -0.05) is 13.8 Å². The summed E-state index contributed by atoms with van der Waals surface area (Å²) in [5.74, 6) is 0.268. The van der Waals surface area contributed by atoms with E-state index in [-0.39, 0.29) is 22.4 Å². The molecule has 0 aliphatic carbocycles. The molecule has 0 aromatic heterocycles. The first-order chi connectivity index (χ1) is 10.6. The van der Waals surface area contributed by atoms with Crippen LogP contribution in [0.5, 0.6) is 5.75 Å². The predicted octanol–water partition coefficient (Wildman–Crippen LogP) is 0.788. The number of ether oxygens (including phenoxy) is 1. The second-order valence-corrected chi connectivity index (χ2v) is 7.39. The van der Waals surface area contributed by atoms with E-state index in [1.54, 1.807) is 7.05 Å². The molecule has 1 unspecified atom stereocenters. The first-order valence-electron chi connectivity index (χ1n) is 7.29. The Labute approximate surface area is 137 Å². The van der Waals surface area contributed by atoms with Crippen LogP contribution in [0.2, 0.25) is 0 Å². The van der Waals surface area contributed by atoms with Gasteiger partial charge in [0.1, 0.15) is 5.75 Å². The van der Waals surface area contributed by atoms with Crippen molar-refractivity contribution in [1.82, 2.24) is 4.90 Å². The summed E-state index contributed by atoms with van der Waals surface area (Å²) >= 11 is 0. The Kier molecular flexibility index (Phi) is 6.55. The summed E-state index contributed by atoms with van der Waals surface area (Å²) in [7, 11) is -0.841. The molecule has 0 bridgehead atoms. The van der Waals surface area contributed by atoms with E-state index in [9.17, 15) is 13.2 Å². The van der Waals surface area contributed by atoms with E-state index in [0.717, 1.165) is 0 Å². The Morgan fingerprint density at radius 3 is 2.43 bits per heavy atom. The lowest BCUT2D eigenvalue weighted by Crippen LogP contribution is -2.34. The highest BCUT2D eigenvalue weighted by atomic mass is 32.2. The molecule has 130 valence electrons. The van der Waals surface area contributed by atoms with Crippen molar-refractivity contribution >= 4 is 15.9 Å². The number of methoxy groups -OCH3 is 1.